The number of ether oxygens (including phenoxy) is 8. The maximum Gasteiger partial charge on any atom is 0.411 e. The molecule has 1 unspecified atom stereocenters. The molecule has 2 fully saturated rings. The average molecular weight is 648 g/mol. The van der Waals surface area contributed by atoms with E-state index in [9.17, 15) is 14.9 Å². The second-order valence-electron chi connectivity index (χ2n) is 11.5. The lowest BCUT2D eigenvalue weighted by atomic mass is 9.75. The Labute approximate surface area is 272 Å². The van der Waals surface area contributed by atoms with Gasteiger partial charge in [0.1, 0.15) is 37.7 Å². The number of carbonyl (C=O) groups is 2. The van der Waals surface area contributed by atoms with E-state index < -0.39 is 42.3 Å². The van der Waals surface area contributed by atoms with Gasteiger partial charge in [-0.05, 0) is 37.5 Å². The number of nitrogens with zero attached hydrogens (tertiary/aromatic N) is 3. The van der Waals surface area contributed by atoms with E-state index in [-0.39, 0.29) is 39.8 Å². The molecule has 0 spiro atoms. The minimum atomic E-state index is -1.11. The van der Waals surface area contributed by atoms with Gasteiger partial charge in [-0.15, -0.1) is 0 Å². The second kappa shape index (κ2) is 13.1. The van der Waals surface area contributed by atoms with Crippen LogP contribution in [0.3, 0.4) is 0 Å². The number of benzene rings is 2. The van der Waals surface area contributed by atoms with E-state index >= 15 is 0 Å². The fraction of sp³-hybridized carbons (Fsp3) is 0.441. The van der Waals surface area contributed by atoms with Crippen LogP contribution in [-0.4, -0.2) is 87.6 Å². The van der Waals surface area contributed by atoms with Gasteiger partial charge in [-0.25, -0.2) is 9.59 Å². The van der Waals surface area contributed by atoms with E-state index in [1.54, 1.807) is 24.2 Å². The van der Waals surface area contributed by atoms with Crippen molar-refractivity contribution >= 4 is 12.1 Å². The van der Waals surface area contributed by atoms with Gasteiger partial charge >= 0.3 is 12.1 Å². The summed E-state index contributed by atoms with van der Waals surface area (Å²) in [5.74, 6) is 1.58. The molecule has 2 aromatic carbocycles. The van der Waals surface area contributed by atoms with Crippen molar-refractivity contribution in [1.29, 1.82) is 5.26 Å². The van der Waals surface area contributed by atoms with E-state index in [2.05, 4.69) is 19.2 Å². The first-order chi connectivity index (χ1) is 22.8. The third-order valence-corrected chi connectivity index (χ3v) is 8.99. The largest absolute Gasteiger partial charge is 0.493 e. The van der Waals surface area contributed by atoms with Crippen LogP contribution in [0.2, 0.25) is 0 Å². The number of amides is 1. The minimum absolute atomic E-state index is 0.0288. The third kappa shape index (κ3) is 5.17. The van der Waals surface area contributed by atoms with E-state index in [1.165, 1.54) is 13.2 Å². The molecule has 47 heavy (non-hydrogen) atoms. The predicted molar refractivity (Wildman–Crippen MR) is 166 cm³/mol. The Balaban J connectivity index is 1.57. The summed E-state index contributed by atoms with van der Waals surface area (Å²) in [5, 5.41) is 10.8. The summed E-state index contributed by atoms with van der Waals surface area (Å²) in [7, 11) is 3.06. The van der Waals surface area contributed by atoms with Gasteiger partial charge in [-0.2, -0.15) is 5.26 Å². The standard InChI is InChI=1S/C34H37N3O10/c1-7-9-42-32-26-20(11-18(3)29(32)41-6)12-22-23(14-35)36-24(28(26)37(22)34(39)43-10-8-2)15-44-33(38)27(36)21-13-25(45-16-40-5)19(4)30-31(21)47-17-46-30/h7-8,11,13,22-24,27-28H,1-2,9-10,12,15-17H2,3-6H3/t22-,23-,24-,27?,28-/m0/s1. The lowest BCUT2D eigenvalue weighted by Gasteiger charge is -2.58. The lowest BCUT2D eigenvalue weighted by Crippen LogP contribution is -2.71. The van der Waals surface area contributed by atoms with E-state index in [1.807, 2.05) is 24.8 Å². The van der Waals surface area contributed by atoms with Gasteiger partial charge in [-0.3, -0.25) is 9.80 Å². The van der Waals surface area contributed by atoms with Crippen LogP contribution < -0.4 is 23.7 Å². The summed E-state index contributed by atoms with van der Waals surface area (Å²) in [6.07, 6.45) is 2.75. The van der Waals surface area contributed by atoms with Crippen molar-refractivity contribution in [2.24, 2.45) is 0 Å². The Hall–Kier alpha value is -4.93. The summed E-state index contributed by atoms with van der Waals surface area (Å²) in [4.78, 5) is 31.2. The molecule has 6 rings (SSSR count). The summed E-state index contributed by atoms with van der Waals surface area (Å²) in [6.45, 7) is 11.1. The highest BCUT2D eigenvalue weighted by Crippen LogP contribution is 2.55. The molecule has 0 aromatic heterocycles. The number of esters is 1. The third-order valence-electron chi connectivity index (χ3n) is 8.99. The molecule has 5 atom stereocenters. The minimum Gasteiger partial charge on any atom is -0.493 e. The van der Waals surface area contributed by atoms with Gasteiger partial charge in [0.25, 0.3) is 0 Å². The molecule has 0 saturated carbocycles. The number of fused-ring (bicyclic) bond motifs is 7. The lowest BCUT2D eigenvalue weighted by molar-refractivity contribution is -0.179. The molecule has 4 aliphatic rings. The normalized spacial score (nSPS) is 23.9. The zero-order chi connectivity index (χ0) is 33.4. The van der Waals surface area contributed by atoms with Crippen LogP contribution in [-0.2, 0) is 25.4 Å². The molecule has 2 saturated heterocycles. The molecule has 1 amide bonds. The van der Waals surface area contributed by atoms with Gasteiger partial charge in [-0.1, -0.05) is 31.4 Å². The monoisotopic (exact) mass is 647 g/mol. The molecule has 13 heteroatoms. The molecule has 13 nitrogen and oxygen atoms in total. The quantitative estimate of drug-likeness (QED) is 0.209. The molecule has 4 aliphatic heterocycles. The molecule has 2 aromatic rings. The van der Waals surface area contributed by atoms with E-state index in [0.29, 0.717) is 45.4 Å². The smallest absolute Gasteiger partial charge is 0.411 e. The zero-order valence-corrected chi connectivity index (χ0v) is 26.8. The summed E-state index contributed by atoms with van der Waals surface area (Å²) in [5.41, 5.74) is 3.49. The highest BCUT2D eigenvalue weighted by molar-refractivity contribution is 5.82. The number of methoxy groups -OCH3 is 2. The van der Waals surface area contributed by atoms with Gasteiger partial charge in [0.05, 0.1) is 31.3 Å². The Bertz CT molecular complexity index is 1650. The van der Waals surface area contributed by atoms with Crippen LogP contribution in [0, 0.1) is 25.2 Å². The van der Waals surface area contributed by atoms with Crippen LogP contribution >= 0.6 is 0 Å². The van der Waals surface area contributed by atoms with Crippen LogP contribution in [0.5, 0.6) is 28.7 Å². The fourth-order valence-corrected chi connectivity index (χ4v) is 7.23. The number of aryl methyl sites for hydroxylation is 1. The fourth-order valence-electron chi connectivity index (χ4n) is 7.23. The van der Waals surface area contributed by atoms with Crippen molar-refractivity contribution < 1.29 is 47.5 Å². The van der Waals surface area contributed by atoms with Gasteiger partial charge < -0.3 is 37.9 Å². The Morgan fingerprint density at radius 3 is 2.53 bits per heavy atom. The van der Waals surface area contributed by atoms with Crippen LogP contribution in [0.1, 0.15) is 39.9 Å². The molecule has 4 heterocycles. The van der Waals surface area contributed by atoms with Gasteiger partial charge in [0, 0.05) is 23.8 Å². The van der Waals surface area contributed by atoms with E-state index in [4.69, 9.17) is 37.9 Å². The number of cyclic esters (lactones) is 1. The number of carbonyl (C=O) groups excluding carboxylic acids is 2. The first-order valence-electron chi connectivity index (χ1n) is 15.2. The molecule has 0 N–H and O–H groups in total. The van der Waals surface area contributed by atoms with Crippen molar-refractivity contribution in [3.63, 3.8) is 0 Å². The molecule has 248 valence electrons. The molecular weight excluding hydrogens is 610 g/mol. The van der Waals surface area contributed by atoms with E-state index in [0.717, 1.165) is 11.1 Å². The van der Waals surface area contributed by atoms with Crippen LogP contribution in [0.25, 0.3) is 0 Å². The Kier molecular flexibility index (Phi) is 8.90. The average Bonchev–Trinajstić information content (AvgIpc) is 3.56. The van der Waals surface area contributed by atoms with Gasteiger partial charge in [0.15, 0.2) is 29.8 Å². The van der Waals surface area contributed by atoms with Crippen molar-refractivity contribution in [2.75, 3.05) is 47.6 Å². The maximum atomic E-state index is 13.9. The SMILES string of the molecule is C=CCOC(=O)N1[C@@H]2c3c(cc(C)c(OC)c3OCC=C)C[C@H]1[C@H](C#N)N1C(c3cc(OCOC)c(C)c4c3OCO4)C(=O)OC[C@@H]21. The Morgan fingerprint density at radius 1 is 1.06 bits per heavy atom. The highest BCUT2D eigenvalue weighted by Gasteiger charge is 2.60. The van der Waals surface area contributed by atoms with Crippen molar-refractivity contribution in [2.45, 2.75) is 50.5 Å². The summed E-state index contributed by atoms with van der Waals surface area (Å²) >= 11 is 0. The first-order valence-corrected chi connectivity index (χ1v) is 15.2. The number of hydrogen-bond acceptors (Lipinski definition) is 12. The van der Waals surface area contributed by atoms with Crippen LogP contribution in [0.15, 0.2) is 37.4 Å². The maximum absolute atomic E-state index is 13.9. The topological polar surface area (TPSA) is 138 Å². The molecule has 0 aliphatic carbocycles. The first kappa shape index (κ1) is 32.0. The number of hydrogen-bond donors (Lipinski definition) is 0. The molecule has 2 bridgehead atoms. The Morgan fingerprint density at radius 2 is 1.83 bits per heavy atom. The number of rotatable bonds is 10. The predicted octanol–water partition coefficient (Wildman–Crippen LogP) is 4.05. The number of nitriles is 1. The van der Waals surface area contributed by atoms with Crippen molar-refractivity contribution in [1.82, 2.24) is 9.80 Å². The molecule has 0 radical (unpaired) electrons. The summed E-state index contributed by atoms with van der Waals surface area (Å²) < 4.78 is 46.3. The second-order valence-corrected chi connectivity index (χ2v) is 11.5. The van der Waals surface area contributed by atoms with Crippen molar-refractivity contribution in [3.8, 4) is 34.8 Å². The highest BCUT2D eigenvalue weighted by atomic mass is 16.7. The van der Waals surface area contributed by atoms with Gasteiger partial charge in [0.2, 0.25) is 6.79 Å². The molecular formula is C34H37N3O10. The van der Waals surface area contributed by atoms with Crippen LogP contribution in [0.4, 0.5) is 4.79 Å². The summed E-state index contributed by atoms with van der Waals surface area (Å²) in [6, 6.07) is 1.86. The number of piperazine rings is 1. The van der Waals surface area contributed by atoms with Crippen molar-refractivity contribution in [3.05, 3.63) is 65.3 Å². The number of morpholine rings is 1. The zero-order valence-electron chi connectivity index (χ0n) is 26.8.